The molecule has 0 radical (unpaired) electrons. The highest BCUT2D eigenvalue weighted by atomic mass is 35.5. The Morgan fingerprint density at radius 1 is 1.08 bits per heavy atom. The van der Waals surface area contributed by atoms with E-state index in [1.165, 1.54) is 24.6 Å². The van der Waals surface area contributed by atoms with Crippen LogP contribution < -0.4 is 16.0 Å². The van der Waals surface area contributed by atoms with E-state index in [2.05, 4.69) is 20.9 Å². The summed E-state index contributed by atoms with van der Waals surface area (Å²) in [5, 5.41) is 7.29. The quantitative estimate of drug-likeness (QED) is 0.430. The number of nitrogens with one attached hydrogen (secondary N) is 3. The first-order valence-electron chi connectivity index (χ1n) is 10.6. The van der Waals surface area contributed by atoms with Gasteiger partial charge < -0.3 is 20.5 Å². The Kier molecular flexibility index (Phi) is 6.67. The van der Waals surface area contributed by atoms with Gasteiger partial charge in [0.05, 0.1) is 17.3 Å². The van der Waals surface area contributed by atoms with Crippen LogP contribution in [0.2, 0.25) is 5.02 Å². The van der Waals surface area contributed by atoms with Crippen molar-refractivity contribution in [2.75, 3.05) is 12.4 Å². The first kappa shape index (κ1) is 26.1. The van der Waals surface area contributed by atoms with Crippen molar-refractivity contribution in [3.8, 4) is 0 Å². The van der Waals surface area contributed by atoms with Crippen molar-refractivity contribution >= 4 is 35.1 Å². The third kappa shape index (κ3) is 4.86. The van der Waals surface area contributed by atoms with Gasteiger partial charge in [-0.3, -0.25) is 14.4 Å². The van der Waals surface area contributed by atoms with Gasteiger partial charge in [0.15, 0.2) is 5.82 Å². The third-order valence-corrected chi connectivity index (χ3v) is 6.04. The van der Waals surface area contributed by atoms with Gasteiger partial charge >= 0.3 is 6.18 Å². The van der Waals surface area contributed by atoms with E-state index in [1.807, 2.05) is 0 Å². The van der Waals surface area contributed by atoms with Gasteiger partial charge in [-0.05, 0) is 43.3 Å². The molecule has 0 fully saturated rings. The van der Waals surface area contributed by atoms with Gasteiger partial charge in [-0.25, -0.2) is 13.8 Å². The molecule has 3 amide bonds. The van der Waals surface area contributed by atoms with Crippen molar-refractivity contribution in [2.45, 2.75) is 25.2 Å². The molecule has 37 heavy (non-hydrogen) atoms. The molecule has 0 saturated heterocycles. The second kappa shape index (κ2) is 9.47. The predicted molar refractivity (Wildman–Crippen MR) is 121 cm³/mol. The summed E-state index contributed by atoms with van der Waals surface area (Å²) in [4.78, 5) is 42.4. The van der Waals surface area contributed by atoms with Gasteiger partial charge in [-0.15, -0.1) is 0 Å². The van der Waals surface area contributed by atoms with Crippen LogP contribution in [-0.4, -0.2) is 34.3 Å². The number of nitrogens with zero attached hydrogens (tertiary/aromatic N) is 2. The van der Waals surface area contributed by atoms with Crippen molar-refractivity contribution in [1.29, 1.82) is 0 Å². The van der Waals surface area contributed by atoms with Crippen molar-refractivity contribution in [3.05, 3.63) is 81.3 Å². The molecule has 2 unspecified atom stereocenters. The van der Waals surface area contributed by atoms with Crippen LogP contribution in [0.1, 0.15) is 56.8 Å². The molecule has 1 aromatic heterocycles. The lowest BCUT2D eigenvalue weighted by Gasteiger charge is -2.31. The van der Waals surface area contributed by atoms with Crippen LogP contribution in [-0.2, 0) is 11.0 Å². The zero-order valence-corrected chi connectivity index (χ0v) is 19.8. The molecule has 4 rings (SSSR count). The molecule has 2 atom stereocenters. The Balaban J connectivity index is 1.88. The SMILES string of the molecule is CNC(=O)c1nc(NC(=O)c2cc(F)cc(C(F)(F)F)c2)c2n1C(C)C(=O)NC2c1cc(F)ccc1Cl. The number of fused-ring (bicyclic) bond motifs is 1. The van der Waals surface area contributed by atoms with E-state index in [9.17, 15) is 36.3 Å². The Morgan fingerprint density at radius 3 is 2.43 bits per heavy atom. The van der Waals surface area contributed by atoms with Crippen LogP contribution in [0.25, 0.3) is 0 Å². The minimum atomic E-state index is -4.92. The van der Waals surface area contributed by atoms with Crippen LogP contribution in [0.4, 0.5) is 27.8 Å². The third-order valence-electron chi connectivity index (χ3n) is 5.69. The molecule has 3 aromatic rings. The number of carbonyl (C=O) groups is 3. The highest BCUT2D eigenvalue weighted by Gasteiger charge is 2.39. The average molecular weight is 542 g/mol. The maximum atomic E-state index is 14.1. The Labute approximate surface area is 210 Å². The lowest BCUT2D eigenvalue weighted by atomic mass is 9.99. The minimum Gasteiger partial charge on any atom is -0.352 e. The smallest absolute Gasteiger partial charge is 0.352 e. The summed E-state index contributed by atoms with van der Waals surface area (Å²) in [6.07, 6.45) is -4.92. The highest BCUT2D eigenvalue weighted by molar-refractivity contribution is 6.31. The molecule has 0 bridgehead atoms. The number of halogens is 6. The monoisotopic (exact) mass is 541 g/mol. The zero-order chi connectivity index (χ0) is 27.2. The average Bonchev–Trinajstić information content (AvgIpc) is 3.20. The second-order valence-electron chi connectivity index (χ2n) is 8.08. The fourth-order valence-electron chi connectivity index (χ4n) is 3.95. The first-order valence-corrected chi connectivity index (χ1v) is 11.0. The Hall–Kier alpha value is -4.00. The maximum absolute atomic E-state index is 14.1. The molecule has 1 aliphatic heterocycles. The van der Waals surface area contributed by atoms with E-state index in [0.717, 1.165) is 12.1 Å². The summed E-state index contributed by atoms with van der Waals surface area (Å²) in [6, 6.07) is 2.38. The van der Waals surface area contributed by atoms with Crippen LogP contribution in [0.5, 0.6) is 0 Å². The molecule has 2 heterocycles. The van der Waals surface area contributed by atoms with Gasteiger partial charge in [-0.2, -0.15) is 13.2 Å². The molecule has 194 valence electrons. The molecule has 1 aliphatic rings. The van der Waals surface area contributed by atoms with E-state index in [4.69, 9.17) is 11.6 Å². The number of rotatable bonds is 4. The van der Waals surface area contributed by atoms with E-state index >= 15 is 0 Å². The van der Waals surface area contributed by atoms with Gasteiger partial charge in [-0.1, -0.05) is 11.6 Å². The van der Waals surface area contributed by atoms with E-state index in [0.29, 0.717) is 12.1 Å². The Morgan fingerprint density at radius 2 is 1.78 bits per heavy atom. The highest BCUT2D eigenvalue weighted by Crippen LogP contribution is 2.39. The van der Waals surface area contributed by atoms with Crippen LogP contribution >= 0.6 is 11.6 Å². The summed E-state index contributed by atoms with van der Waals surface area (Å²) in [6.45, 7) is 1.43. The topological polar surface area (TPSA) is 105 Å². The van der Waals surface area contributed by atoms with Crippen molar-refractivity contribution in [1.82, 2.24) is 20.2 Å². The predicted octanol–water partition coefficient (Wildman–Crippen LogP) is 4.23. The van der Waals surface area contributed by atoms with E-state index in [-0.39, 0.29) is 34.0 Å². The standard InChI is InChI=1S/C23H17ClF5N5O3/c1-9-20(35)31-16(14-8-12(25)3-4-15(14)24)17-18(32-19(34(9)17)22(37)30-2)33-21(36)10-5-11(23(27,28)29)7-13(26)6-10/h3-9,16H,1-2H3,(H,30,37)(H,31,35)(H,33,36). The van der Waals surface area contributed by atoms with Crippen molar-refractivity contribution < 1.29 is 36.3 Å². The van der Waals surface area contributed by atoms with Crippen LogP contribution in [0.3, 0.4) is 0 Å². The molecular weight excluding hydrogens is 525 g/mol. The van der Waals surface area contributed by atoms with Gasteiger partial charge in [0.25, 0.3) is 11.8 Å². The molecule has 2 aromatic carbocycles. The first-order chi connectivity index (χ1) is 17.3. The number of anilines is 1. The second-order valence-corrected chi connectivity index (χ2v) is 8.49. The summed E-state index contributed by atoms with van der Waals surface area (Å²) < 4.78 is 68.6. The molecule has 8 nitrogen and oxygen atoms in total. The number of aromatic nitrogens is 2. The lowest BCUT2D eigenvalue weighted by molar-refractivity contribution is -0.137. The number of amides is 3. The normalized spacial score (nSPS) is 17.1. The van der Waals surface area contributed by atoms with E-state index in [1.54, 1.807) is 0 Å². The number of carbonyl (C=O) groups excluding carboxylic acids is 3. The molecule has 0 aliphatic carbocycles. The molecule has 0 spiro atoms. The molecular formula is C23H17ClF5N5O3. The van der Waals surface area contributed by atoms with E-state index < -0.39 is 58.7 Å². The van der Waals surface area contributed by atoms with Crippen molar-refractivity contribution in [2.24, 2.45) is 0 Å². The number of benzene rings is 2. The number of alkyl halides is 3. The number of imidazole rings is 1. The summed E-state index contributed by atoms with van der Waals surface area (Å²) in [5.41, 5.74) is -2.00. The largest absolute Gasteiger partial charge is 0.416 e. The molecule has 14 heteroatoms. The summed E-state index contributed by atoms with van der Waals surface area (Å²) >= 11 is 6.25. The minimum absolute atomic E-state index is 0.000928. The van der Waals surface area contributed by atoms with Crippen molar-refractivity contribution in [3.63, 3.8) is 0 Å². The summed E-state index contributed by atoms with van der Waals surface area (Å²) in [7, 11) is 1.29. The summed E-state index contributed by atoms with van der Waals surface area (Å²) in [5.74, 6) is -5.17. The molecule has 3 N–H and O–H groups in total. The number of hydrogen-bond acceptors (Lipinski definition) is 4. The maximum Gasteiger partial charge on any atom is 0.416 e. The fraction of sp³-hybridized carbons (Fsp3) is 0.217. The lowest BCUT2D eigenvalue weighted by Crippen LogP contribution is -2.43. The van der Waals surface area contributed by atoms with Gasteiger partial charge in [0.1, 0.15) is 17.7 Å². The van der Waals surface area contributed by atoms with Crippen LogP contribution in [0, 0.1) is 11.6 Å². The van der Waals surface area contributed by atoms with Crippen LogP contribution in [0.15, 0.2) is 36.4 Å². The van der Waals surface area contributed by atoms with Gasteiger partial charge in [0.2, 0.25) is 11.7 Å². The zero-order valence-electron chi connectivity index (χ0n) is 19.0. The molecule has 0 saturated carbocycles. The van der Waals surface area contributed by atoms with Gasteiger partial charge in [0, 0.05) is 23.2 Å². The number of hydrogen-bond donors (Lipinski definition) is 3. The fourth-order valence-corrected chi connectivity index (χ4v) is 4.18. The Bertz CT molecular complexity index is 1440.